The van der Waals surface area contributed by atoms with E-state index in [4.69, 9.17) is 0 Å². The van der Waals surface area contributed by atoms with E-state index >= 15 is 0 Å². The number of rotatable bonds is 1. The lowest BCUT2D eigenvalue weighted by molar-refractivity contribution is -0.110. The molecule has 0 aliphatic carbocycles. The molecule has 0 amide bonds. The van der Waals surface area contributed by atoms with E-state index in [9.17, 15) is 4.79 Å². The van der Waals surface area contributed by atoms with E-state index in [1.165, 1.54) is 17.3 Å². The summed E-state index contributed by atoms with van der Waals surface area (Å²) in [6.07, 6.45) is 1.72. The number of carbonyl (C=O) groups is 1. The van der Waals surface area contributed by atoms with Crippen molar-refractivity contribution in [2.24, 2.45) is 0 Å². The SMILES string of the molecule is O=C1CCC(c2ccc(Br)cc2)S1. The normalized spacial score (nSPS) is 22.2. The minimum Gasteiger partial charge on any atom is -0.287 e. The minimum absolute atomic E-state index is 0.327. The van der Waals surface area contributed by atoms with E-state index in [0.717, 1.165) is 17.3 Å². The molecular formula is C10H9BrOS. The summed E-state index contributed by atoms with van der Waals surface area (Å²) in [6, 6.07) is 8.22. The molecule has 0 radical (unpaired) electrons. The molecule has 1 nitrogen and oxygen atoms in total. The third-order valence-corrected chi connectivity index (χ3v) is 3.91. The Labute approximate surface area is 90.0 Å². The first-order chi connectivity index (χ1) is 6.25. The summed E-state index contributed by atoms with van der Waals surface area (Å²) in [5, 5.41) is 0.716. The van der Waals surface area contributed by atoms with Gasteiger partial charge < -0.3 is 0 Å². The van der Waals surface area contributed by atoms with Gasteiger partial charge in [0.1, 0.15) is 0 Å². The lowest BCUT2D eigenvalue weighted by atomic mass is 10.1. The van der Waals surface area contributed by atoms with Crippen LogP contribution in [-0.2, 0) is 4.79 Å². The van der Waals surface area contributed by atoms with Gasteiger partial charge in [0, 0.05) is 16.1 Å². The molecule has 0 bridgehead atoms. The Morgan fingerprint density at radius 2 is 2.00 bits per heavy atom. The number of benzene rings is 1. The molecule has 68 valence electrons. The largest absolute Gasteiger partial charge is 0.287 e. The summed E-state index contributed by atoms with van der Waals surface area (Å²) in [5.74, 6) is 0. The summed E-state index contributed by atoms with van der Waals surface area (Å²) in [6.45, 7) is 0. The fraction of sp³-hybridized carbons (Fsp3) is 0.300. The second-order valence-corrected chi connectivity index (χ2v) is 5.24. The number of hydrogen-bond donors (Lipinski definition) is 0. The van der Waals surface area contributed by atoms with Crippen LogP contribution in [0, 0.1) is 0 Å². The summed E-state index contributed by atoms with van der Waals surface area (Å²) in [4.78, 5) is 11.0. The van der Waals surface area contributed by atoms with E-state index in [2.05, 4.69) is 28.1 Å². The Kier molecular flexibility index (Phi) is 2.74. The highest BCUT2D eigenvalue weighted by Crippen LogP contribution is 2.40. The monoisotopic (exact) mass is 256 g/mol. The molecule has 0 N–H and O–H groups in total. The predicted molar refractivity (Wildman–Crippen MR) is 58.7 cm³/mol. The molecule has 1 aromatic rings. The summed E-state index contributed by atoms with van der Waals surface area (Å²) in [5.41, 5.74) is 1.26. The predicted octanol–water partition coefficient (Wildman–Crippen LogP) is 3.54. The lowest BCUT2D eigenvalue weighted by Crippen LogP contribution is -1.86. The Hall–Kier alpha value is -0.280. The van der Waals surface area contributed by atoms with E-state index < -0.39 is 0 Å². The molecule has 3 heteroatoms. The van der Waals surface area contributed by atoms with E-state index in [-0.39, 0.29) is 0 Å². The fourth-order valence-electron chi connectivity index (χ4n) is 1.44. The molecule has 1 unspecified atom stereocenters. The smallest absolute Gasteiger partial charge is 0.189 e. The molecule has 1 heterocycles. The maximum atomic E-state index is 11.0. The average Bonchev–Trinajstić information content (AvgIpc) is 2.53. The number of hydrogen-bond acceptors (Lipinski definition) is 2. The van der Waals surface area contributed by atoms with Crippen LogP contribution in [0.1, 0.15) is 23.7 Å². The van der Waals surface area contributed by atoms with Crippen molar-refractivity contribution in [3.8, 4) is 0 Å². The van der Waals surface area contributed by atoms with Crippen LogP contribution < -0.4 is 0 Å². The van der Waals surface area contributed by atoms with Crippen LogP contribution in [0.25, 0.3) is 0 Å². The van der Waals surface area contributed by atoms with Gasteiger partial charge >= 0.3 is 0 Å². The number of halogens is 1. The second-order valence-electron chi connectivity index (χ2n) is 3.07. The molecule has 13 heavy (non-hydrogen) atoms. The molecule has 0 aromatic heterocycles. The second kappa shape index (κ2) is 3.84. The Morgan fingerprint density at radius 1 is 1.31 bits per heavy atom. The third-order valence-electron chi connectivity index (χ3n) is 2.13. The van der Waals surface area contributed by atoms with Crippen LogP contribution in [0.2, 0.25) is 0 Å². The Balaban J connectivity index is 2.17. The standard InChI is InChI=1S/C10H9BrOS/c11-8-3-1-7(2-4-8)9-5-6-10(12)13-9/h1-4,9H,5-6H2. The molecule has 1 aliphatic rings. The molecule has 1 saturated heterocycles. The van der Waals surface area contributed by atoms with Gasteiger partial charge in [-0.2, -0.15) is 0 Å². The van der Waals surface area contributed by atoms with Crippen LogP contribution in [0.15, 0.2) is 28.7 Å². The van der Waals surface area contributed by atoms with Crippen molar-refractivity contribution < 1.29 is 4.79 Å². The molecule has 1 aromatic carbocycles. The zero-order chi connectivity index (χ0) is 9.26. The van der Waals surface area contributed by atoms with Gasteiger partial charge in [0.25, 0.3) is 0 Å². The lowest BCUT2D eigenvalue weighted by Gasteiger charge is -2.06. The van der Waals surface area contributed by atoms with Gasteiger partial charge in [-0.1, -0.05) is 39.8 Å². The van der Waals surface area contributed by atoms with E-state index in [0.29, 0.717) is 10.4 Å². The van der Waals surface area contributed by atoms with Crippen LogP contribution in [0.5, 0.6) is 0 Å². The van der Waals surface area contributed by atoms with Gasteiger partial charge in [0.2, 0.25) is 0 Å². The molecule has 1 atom stereocenters. The van der Waals surface area contributed by atoms with Crippen molar-refractivity contribution in [1.82, 2.24) is 0 Å². The highest BCUT2D eigenvalue weighted by atomic mass is 79.9. The molecule has 0 spiro atoms. The van der Waals surface area contributed by atoms with Crippen molar-refractivity contribution in [3.05, 3.63) is 34.3 Å². The Morgan fingerprint density at radius 3 is 2.54 bits per heavy atom. The summed E-state index contributed by atoms with van der Waals surface area (Å²) >= 11 is 4.86. The highest BCUT2D eigenvalue weighted by Gasteiger charge is 2.23. The topological polar surface area (TPSA) is 17.1 Å². The van der Waals surface area contributed by atoms with Crippen LogP contribution in [-0.4, -0.2) is 5.12 Å². The molecule has 2 rings (SSSR count). The third kappa shape index (κ3) is 2.15. The quantitative estimate of drug-likeness (QED) is 0.765. The number of carbonyl (C=O) groups excluding carboxylic acids is 1. The van der Waals surface area contributed by atoms with Crippen LogP contribution in [0.4, 0.5) is 0 Å². The first kappa shape index (κ1) is 9.28. The van der Waals surface area contributed by atoms with Gasteiger partial charge in [-0.25, -0.2) is 0 Å². The van der Waals surface area contributed by atoms with Crippen molar-refractivity contribution >= 4 is 32.8 Å². The maximum Gasteiger partial charge on any atom is 0.189 e. The van der Waals surface area contributed by atoms with Gasteiger partial charge in [0.15, 0.2) is 5.12 Å². The van der Waals surface area contributed by atoms with Gasteiger partial charge in [-0.05, 0) is 24.1 Å². The van der Waals surface area contributed by atoms with Crippen LogP contribution in [0.3, 0.4) is 0 Å². The van der Waals surface area contributed by atoms with E-state index in [1.54, 1.807) is 0 Å². The van der Waals surface area contributed by atoms with Gasteiger partial charge in [0.05, 0.1) is 0 Å². The minimum atomic E-state index is 0.327. The maximum absolute atomic E-state index is 11.0. The van der Waals surface area contributed by atoms with Gasteiger partial charge in [-0.3, -0.25) is 4.79 Å². The zero-order valence-corrected chi connectivity index (χ0v) is 9.40. The summed E-state index contributed by atoms with van der Waals surface area (Å²) in [7, 11) is 0. The summed E-state index contributed by atoms with van der Waals surface area (Å²) < 4.78 is 1.09. The van der Waals surface area contributed by atoms with Crippen molar-refractivity contribution in [2.75, 3.05) is 0 Å². The van der Waals surface area contributed by atoms with Crippen molar-refractivity contribution in [1.29, 1.82) is 0 Å². The van der Waals surface area contributed by atoms with Crippen LogP contribution >= 0.6 is 27.7 Å². The Bertz CT molecular complexity index is 320. The molecule has 1 aliphatic heterocycles. The molecular weight excluding hydrogens is 248 g/mol. The average molecular weight is 257 g/mol. The first-order valence-corrected chi connectivity index (χ1v) is 5.88. The van der Waals surface area contributed by atoms with Crippen molar-refractivity contribution in [2.45, 2.75) is 18.1 Å². The van der Waals surface area contributed by atoms with Crippen molar-refractivity contribution in [3.63, 3.8) is 0 Å². The first-order valence-electron chi connectivity index (χ1n) is 4.20. The van der Waals surface area contributed by atoms with E-state index in [1.807, 2.05) is 12.1 Å². The highest BCUT2D eigenvalue weighted by molar-refractivity contribution is 9.10. The number of thioether (sulfide) groups is 1. The fourth-order valence-corrected chi connectivity index (χ4v) is 2.78. The molecule has 0 saturated carbocycles. The zero-order valence-electron chi connectivity index (χ0n) is 7.00. The molecule has 1 fully saturated rings. The van der Waals surface area contributed by atoms with Gasteiger partial charge in [-0.15, -0.1) is 0 Å².